The highest BCUT2D eigenvalue weighted by Crippen LogP contribution is 2.34. The molecule has 2 unspecified atom stereocenters. The fourth-order valence-electron chi connectivity index (χ4n) is 5.79. The van der Waals surface area contributed by atoms with Crippen LogP contribution >= 0.6 is 69.6 Å². The number of anilines is 4. The maximum absolute atomic E-state index is 13.3. The van der Waals surface area contributed by atoms with E-state index in [-0.39, 0.29) is 54.0 Å². The Morgan fingerprint density at radius 2 is 0.859 bits per heavy atom. The third kappa shape index (κ3) is 13.2. The zero-order chi connectivity index (χ0) is 46.5. The standard InChI is InChI=1S/C44H36Cl6N8O6/c1-23(59)39(57-55-37-19-27(11-13-29(37)47)41(61)51-33-9-5-3-7-25(33)15-17-45)43(63)53-35-21-32(50)36(22-31(35)49)54-44(64)40(24(2)60)58-56-38-20-28(12-14-30(38)48)42(62)52-34-10-6-4-8-26(34)16-18-46/h3-14,19-22,39-40H,15-18H2,1-2H3,(H,51,61)(H,52,62)(H,53,63)(H,54,64). The van der Waals surface area contributed by atoms with Crippen LogP contribution in [-0.4, -0.2) is 59.0 Å². The Bertz CT molecular complexity index is 2500. The Labute approximate surface area is 397 Å². The van der Waals surface area contributed by atoms with Crippen LogP contribution in [0.15, 0.2) is 118 Å². The summed E-state index contributed by atoms with van der Waals surface area (Å²) in [5.41, 5.74) is 3.06. The number of rotatable bonds is 18. The van der Waals surface area contributed by atoms with Crippen molar-refractivity contribution in [2.24, 2.45) is 20.5 Å². The summed E-state index contributed by atoms with van der Waals surface area (Å²) in [6.45, 7) is 2.24. The van der Waals surface area contributed by atoms with E-state index in [1.54, 1.807) is 24.3 Å². The minimum Gasteiger partial charge on any atom is -0.322 e. The van der Waals surface area contributed by atoms with E-state index in [9.17, 15) is 28.8 Å². The number of carbonyl (C=O) groups is 6. The van der Waals surface area contributed by atoms with Crippen LogP contribution in [0.4, 0.5) is 34.1 Å². The summed E-state index contributed by atoms with van der Waals surface area (Å²) in [6.07, 6.45) is 1.07. The van der Waals surface area contributed by atoms with Gasteiger partial charge in [-0.15, -0.1) is 23.2 Å². The normalized spacial score (nSPS) is 12.1. The van der Waals surface area contributed by atoms with E-state index in [0.717, 1.165) is 25.0 Å². The summed E-state index contributed by atoms with van der Waals surface area (Å²) in [7, 11) is 0. The van der Waals surface area contributed by atoms with E-state index >= 15 is 0 Å². The Balaban J connectivity index is 1.26. The van der Waals surface area contributed by atoms with Gasteiger partial charge >= 0.3 is 0 Å². The Kier molecular flexibility index (Phi) is 17.9. The first-order valence-corrected chi connectivity index (χ1v) is 21.6. The van der Waals surface area contributed by atoms with Gasteiger partial charge in [-0.3, -0.25) is 28.8 Å². The van der Waals surface area contributed by atoms with Gasteiger partial charge in [0.25, 0.3) is 23.6 Å². The van der Waals surface area contributed by atoms with Gasteiger partial charge in [-0.2, -0.15) is 20.5 Å². The first-order chi connectivity index (χ1) is 30.6. The molecule has 5 aromatic carbocycles. The number of aryl methyl sites for hydroxylation is 2. The Morgan fingerprint density at radius 1 is 0.484 bits per heavy atom. The van der Waals surface area contributed by atoms with E-state index in [1.165, 1.54) is 48.5 Å². The molecule has 0 aliphatic heterocycles. The molecule has 5 rings (SSSR count). The number of amides is 4. The number of azo groups is 2. The molecule has 0 aromatic heterocycles. The summed E-state index contributed by atoms with van der Waals surface area (Å²) in [6, 6.07) is 21.9. The zero-order valence-corrected chi connectivity index (χ0v) is 38.3. The maximum atomic E-state index is 13.3. The predicted octanol–water partition coefficient (Wildman–Crippen LogP) is 11.7. The van der Waals surface area contributed by atoms with Crippen LogP contribution in [0.25, 0.3) is 0 Å². The molecule has 330 valence electrons. The van der Waals surface area contributed by atoms with E-state index in [2.05, 4.69) is 41.7 Å². The summed E-state index contributed by atoms with van der Waals surface area (Å²) in [5, 5.41) is 26.4. The summed E-state index contributed by atoms with van der Waals surface area (Å²) in [4.78, 5) is 78.1. The molecule has 0 spiro atoms. The SMILES string of the molecule is CC(=O)C(N=Nc1cc(C(=O)Nc2ccccc2CCCl)ccc1Cl)C(=O)Nc1cc(Cl)c(NC(=O)C(N=Nc2cc(C(=O)Nc3ccccc3CCCl)ccc2Cl)C(C)=O)cc1Cl. The molecule has 64 heavy (non-hydrogen) atoms. The fraction of sp³-hybridized carbons (Fsp3) is 0.182. The second kappa shape index (κ2) is 23.3. The molecule has 4 amide bonds. The lowest BCUT2D eigenvalue weighted by atomic mass is 10.1. The highest BCUT2D eigenvalue weighted by Gasteiger charge is 2.27. The van der Waals surface area contributed by atoms with Gasteiger partial charge in [-0.05, 0) is 98.5 Å². The van der Waals surface area contributed by atoms with Gasteiger partial charge in [-0.25, -0.2) is 0 Å². The minimum atomic E-state index is -1.69. The molecule has 0 saturated carbocycles. The molecule has 0 bridgehead atoms. The van der Waals surface area contributed by atoms with Crippen molar-refractivity contribution >= 4 is 139 Å². The van der Waals surface area contributed by atoms with Gasteiger partial charge < -0.3 is 21.3 Å². The number of para-hydroxylation sites is 2. The third-order valence-corrected chi connectivity index (χ3v) is 10.7. The van der Waals surface area contributed by atoms with Crippen molar-refractivity contribution in [3.8, 4) is 0 Å². The van der Waals surface area contributed by atoms with Gasteiger partial charge in [-0.1, -0.05) is 82.8 Å². The first-order valence-electron chi connectivity index (χ1n) is 19.0. The lowest BCUT2D eigenvalue weighted by molar-refractivity contribution is -0.127. The van der Waals surface area contributed by atoms with Crippen molar-refractivity contribution in [2.45, 2.75) is 38.8 Å². The van der Waals surface area contributed by atoms with Gasteiger partial charge in [0.1, 0.15) is 11.4 Å². The van der Waals surface area contributed by atoms with E-state index in [0.29, 0.717) is 36.0 Å². The van der Waals surface area contributed by atoms with Crippen molar-refractivity contribution in [3.05, 3.63) is 139 Å². The van der Waals surface area contributed by atoms with Crippen LogP contribution in [0.1, 0.15) is 45.7 Å². The maximum Gasteiger partial charge on any atom is 0.258 e. The van der Waals surface area contributed by atoms with Crippen molar-refractivity contribution in [1.29, 1.82) is 0 Å². The fourth-order valence-corrected chi connectivity index (χ4v) is 6.93. The van der Waals surface area contributed by atoms with Crippen LogP contribution in [0.5, 0.6) is 0 Å². The van der Waals surface area contributed by atoms with Gasteiger partial charge in [0.15, 0.2) is 11.6 Å². The van der Waals surface area contributed by atoms with Crippen LogP contribution < -0.4 is 21.3 Å². The Hall–Kier alpha value is -5.74. The van der Waals surface area contributed by atoms with Gasteiger partial charge in [0.2, 0.25) is 12.1 Å². The lowest BCUT2D eigenvalue weighted by Crippen LogP contribution is -2.32. The quantitative estimate of drug-likeness (QED) is 0.0382. The van der Waals surface area contributed by atoms with Crippen molar-refractivity contribution in [2.75, 3.05) is 33.0 Å². The minimum absolute atomic E-state index is 0.00649. The molecular weight excluding hydrogens is 949 g/mol. The van der Waals surface area contributed by atoms with Crippen molar-refractivity contribution < 1.29 is 28.8 Å². The number of ketones is 2. The molecule has 0 aliphatic rings. The largest absolute Gasteiger partial charge is 0.322 e. The molecule has 14 nitrogen and oxygen atoms in total. The second-order valence-electron chi connectivity index (χ2n) is 13.7. The van der Waals surface area contributed by atoms with Crippen molar-refractivity contribution in [1.82, 2.24) is 0 Å². The zero-order valence-electron chi connectivity index (χ0n) is 33.7. The number of carbonyl (C=O) groups excluding carboxylic acids is 6. The number of nitrogens with zero attached hydrogens (tertiary/aromatic N) is 4. The average Bonchev–Trinajstić information content (AvgIpc) is 3.25. The summed E-state index contributed by atoms with van der Waals surface area (Å²) < 4.78 is 0. The van der Waals surface area contributed by atoms with Crippen molar-refractivity contribution in [3.63, 3.8) is 0 Å². The highest BCUT2D eigenvalue weighted by atomic mass is 35.5. The number of nitrogens with one attached hydrogen (secondary N) is 4. The molecule has 4 N–H and O–H groups in total. The smallest absolute Gasteiger partial charge is 0.258 e. The van der Waals surface area contributed by atoms with Crippen LogP contribution in [-0.2, 0) is 32.0 Å². The number of hydrogen-bond donors (Lipinski definition) is 4. The molecular formula is C44H36Cl6N8O6. The van der Waals surface area contributed by atoms with Crippen LogP contribution in [0.2, 0.25) is 20.1 Å². The van der Waals surface area contributed by atoms with E-state index in [1.807, 2.05) is 24.3 Å². The number of alkyl halides is 2. The predicted molar refractivity (Wildman–Crippen MR) is 252 cm³/mol. The molecule has 0 aliphatic carbocycles. The average molecular weight is 986 g/mol. The monoisotopic (exact) mass is 982 g/mol. The van der Waals surface area contributed by atoms with E-state index in [4.69, 9.17) is 69.6 Å². The molecule has 0 radical (unpaired) electrons. The molecule has 20 heteroatoms. The molecule has 2 atom stereocenters. The molecule has 5 aromatic rings. The second-order valence-corrected chi connectivity index (χ2v) is 16.1. The molecule has 0 saturated heterocycles. The number of benzene rings is 5. The van der Waals surface area contributed by atoms with Gasteiger partial charge in [0, 0.05) is 34.3 Å². The number of hydrogen-bond acceptors (Lipinski definition) is 10. The number of halogens is 6. The van der Waals surface area contributed by atoms with Crippen LogP contribution in [0, 0.1) is 0 Å². The topological polar surface area (TPSA) is 200 Å². The Morgan fingerprint density at radius 3 is 1.22 bits per heavy atom. The van der Waals surface area contributed by atoms with E-state index < -0.39 is 47.3 Å². The van der Waals surface area contributed by atoms with Gasteiger partial charge in [0.05, 0.1) is 31.5 Å². The first kappa shape index (κ1) is 49.3. The summed E-state index contributed by atoms with van der Waals surface area (Å²) >= 11 is 37.4. The highest BCUT2D eigenvalue weighted by molar-refractivity contribution is 6.38. The summed E-state index contributed by atoms with van der Waals surface area (Å²) in [5.74, 6) is -3.51. The molecule has 0 heterocycles. The third-order valence-electron chi connectivity index (χ3n) is 9.08. The lowest BCUT2D eigenvalue weighted by Gasteiger charge is -2.15. The molecule has 0 fully saturated rings. The van der Waals surface area contributed by atoms with Crippen LogP contribution in [0.3, 0.4) is 0 Å². The number of Topliss-reactive ketones (excluding diaryl/α,β-unsaturated/α-hetero) is 2.